The number of pyridine rings is 1. The van der Waals surface area contributed by atoms with E-state index in [0.717, 1.165) is 33.8 Å². The van der Waals surface area contributed by atoms with Gasteiger partial charge in [-0.2, -0.15) is 5.10 Å². The maximum absolute atomic E-state index is 6.15. The molecule has 0 atom stereocenters. The number of rotatable bonds is 3. The normalized spacial score (nSPS) is 10.8. The Morgan fingerprint density at radius 2 is 1.70 bits per heavy atom. The van der Waals surface area contributed by atoms with Gasteiger partial charge in [0.25, 0.3) is 0 Å². The SMILES string of the molecule is Cc1nc2ccccc2c(-n2cccn2)c1Oc1ccccc1. The number of hydrogen-bond acceptors (Lipinski definition) is 3. The van der Waals surface area contributed by atoms with Crippen LogP contribution >= 0.6 is 0 Å². The molecule has 2 aromatic heterocycles. The highest BCUT2D eigenvalue weighted by atomic mass is 16.5. The van der Waals surface area contributed by atoms with E-state index < -0.39 is 0 Å². The third kappa shape index (κ3) is 2.44. The summed E-state index contributed by atoms with van der Waals surface area (Å²) >= 11 is 0. The zero-order valence-corrected chi connectivity index (χ0v) is 12.7. The molecule has 23 heavy (non-hydrogen) atoms. The Bertz CT molecular complexity index is 947. The summed E-state index contributed by atoms with van der Waals surface area (Å²) in [6.45, 7) is 1.96. The minimum absolute atomic E-state index is 0.721. The Kier molecular flexibility index (Phi) is 3.27. The van der Waals surface area contributed by atoms with E-state index in [1.165, 1.54) is 0 Å². The molecule has 4 rings (SSSR count). The van der Waals surface area contributed by atoms with Crippen LogP contribution in [0.2, 0.25) is 0 Å². The van der Waals surface area contributed by atoms with E-state index in [4.69, 9.17) is 4.74 Å². The summed E-state index contributed by atoms with van der Waals surface area (Å²) in [6.07, 6.45) is 3.68. The van der Waals surface area contributed by atoms with Crippen LogP contribution in [0.3, 0.4) is 0 Å². The number of aromatic nitrogens is 3. The highest BCUT2D eigenvalue weighted by Crippen LogP contribution is 2.35. The Labute approximate surface area is 134 Å². The first-order valence-electron chi connectivity index (χ1n) is 7.45. The van der Waals surface area contributed by atoms with Gasteiger partial charge in [-0.05, 0) is 31.2 Å². The Morgan fingerprint density at radius 3 is 2.48 bits per heavy atom. The van der Waals surface area contributed by atoms with E-state index >= 15 is 0 Å². The molecule has 0 N–H and O–H groups in total. The summed E-state index contributed by atoms with van der Waals surface area (Å²) in [5.74, 6) is 1.50. The van der Waals surface area contributed by atoms with Crippen molar-refractivity contribution in [1.29, 1.82) is 0 Å². The van der Waals surface area contributed by atoms with Gasteiger partial charge in [0.15, 0.2) is 5.75 Å². The third-order valence-corrected chi connectivity index (χ3v) is 3.69. The molecule has 2 heterocycles. The predicted molar refractivity (Wildman–Crippen MR) is 90.1 cm³/mol. The van der Waals surface area contributed by atoms with Crippen LogP contribution in [0.5, 0.6) is 11.5 Å². The van der Waals surface area contributed by atoms with Crippen LogP contribution in [0.1, 0.15) is 5.69 Å². The van der Waals surface area contributed by atoms with Crippen molar-refractivity contribution in [3.05, 3.63) is 78.8 Å². The van der Waals surface area contributed by atoms with E-state index in [-0.39, 0.29) is 0 Å². The maximum atomic E-state index is 6.15. The van der Waals surface area contributed by atoms with Crippen LogP contribution in [-0.4, -0.2) is 14.8 Å². The summed E-state index contributed by atoms with van der Waals surface area (Å²) in [4.78, 5) is 4.68. The topological polar surface area (TPSA) is 39.9 Å². The summed E-state index contributed by atoms with van der Waals surface area (Å²) in [6, 6.07) is 19.7. The predicted octanol–water partition coefficient (Wildman–Crippen LogP) is 4.52. The number of aryl methyl sites for hydroxylation is 1. The number of nitrogens with zero attached hydrogens (tertiary/aromatic N) is 3. The van der Waals surface area contributed by atoms with Crippen LogP contribution in [0, 0.1) is 6.92 Å². The van der Waals surface area contributed by atoms with E-state index in [9.17, 15) is 0 Å². The number of para-hydroxylation sites is 2. The van der Waals surface area contributed by atoms with Gasteiger partial charge in [-0.3, -0.25) is 0 Å². The van der Waals surface area contributed by atoms with Crippen molar-refractivity contribution in [3.63, 3.8) is 0 Å². The number of ether oxygens (including phenoxy) is 1. The van der Waals surface area contributed by atoms with Crippen molar-refractivity contribution in [1.82, 2.24) is 14.8 Å². The van der Waals surface area contributed by atoms with Gasteiger partial charge in [-0.15, -0.1) is 0 Å². The Hall–Kier alpha value is -3.14. The molecule has 0 aliphatic rings. The van der Waals surface area contributed by atoms with Gasteiger partial charge in [-0.25, -0.2) is 9.67 Å². The molecule has 2 aromatic carbocycles. The van der Waals surface area contributed by atoms with E-state index in [1.54, 1.807) is 6.20 Å². The Morgan fingerprint density at radius 1 is 0.913 bits per heavy atom. The lowest BCUT2D eigenvalue weighted by molar-refractivity contribution is 0.472. The van der Waals surface area contributed by atoms with Gasteiger partial charge in [-0.1, -0.05) is 36.4 Å². The second-order valence-electron chi connectivity index (χ2n) is 5.26. The molecule has 0 aliphatic carbocycles. The zero-order valence-electron chi connectivity index (χ0n) is 12.7. The molecule has 0 radical (unpaired) electrons. The van der Waals surface area contributed by atoms with Crippen molar-refractivity contribution in [2.75, 3.05) is 0 Å². The van der Waals surface area contributed by atoms with Gasteiger partial charge >= 0.3 is 0 Å². The molecule has 0 saturated heterocycles. The Balaban J connectivity index is 1.99. The van der Waals surface area contributed by atoms with Crippen LogP contribution in [-0.2, 0) is 0 Å². The quantitative estimate of drug-likeness (QED) is 0.558. The van der Waals surface area contributed by atoms with E-state index in [2.05, 4.69) is 10.1 Å². The first-order chi connectivity index (χ1) is 11.3. The molecular weight excluding hydrogens is 286 g/mol. The number of fused-ring (bicyclic) bond motifs is 1. The van der Waals surface area contributed by atoms with Gasteiger partial charge in [0.05, 0.1) is 11.2 Å². The molecule has 112 valence electrons. The molecule has 0 bridgehead atoms. The minimum atomic E-state index is 0.721. The van der Waals surface area contributed by atoms with Crippen LogP contribution < -0.4 is 4.74 Å². The molecule has 0 unspecified atom stereocenters. The van der Waals surface area contributed by atoms with Crippen molar-refractivity contribution < 1.29 is 4.74 Å². The zero-order chi connectivity index (χ0) is 15.6. The van der Waals surface area contributed by atoms with Crippen molar-refractivity contribution >= 4 is 10.9 Å². The highest BCUT2D eigenvalue weighted by molar-refractivity contribution is 5.90. The van der Waals surface area contributed by atoms with E-state index in [1.807, 2.05) is 78.5 Å². The molecular formula is C19H15N3O. The molecule has 0 aliphatic heterocycles. The molecule has 0 spiro atoms. The van der Waals surface area contributed by atoms with Crippen molar-refractivity contribution in [2.45, 2.75) is 6.92 Å². The number of hydrogen-bond donors (Lipinski definition) is 0. The maximum Gasteiger partial charge on any atom is 0.174 e. The fourth-order valence-corrected chi connectivity index (χ4v) is 2.65. The number of benzene rings is 2. The molecule has 0 amide bonds. The van der Waals surface area contributed by atoms with Crippen LogP contribution in [0.15, 0.2) is 73.1 Å². The van der Waals surface area contributed by atoms with Crippen LogP contribution in [0.25, 0.3) is 16.6 Å². The van der Waals surface area contributed by atoms with Gasteiger partial charge in [0.2, 0.25) is 0 Å². The lowest BCUT2D eigenvalue weighted by atomic mass is 10.1. The van der Waals surface area contributed by atoms with Gasteiger partial charge in [0, 0.05) is 17.8 Å². The first-order valence-corrected chi connectivity index (χ1v) is 7.45. The minimum Gasteiger partial charge on any atom is -0.453 e. The lowest BCUT2D eigenvalue weighted by Gasteiger charge is -2.16. The van der Waals surface area contributed by atoms with Crippen molar-refractivity contribution in [3.8, 4) is 17.2 Å². The fraction of sp³-hybridized carbons (Fsp3) is 0.0526. The third-order valence-electron chi connectivity index (χ3n) is 3.69. The monoisotopic (exact) mass is 301 g/mol. The van der Waals surface area contributed by atoms with Gasteiger partial charge < -0.3 is 4.74 Å². The average molecular weight is 301 g/mol. The highest BCUT2D eigenvalue weighted by Gasteiger charge is 2.16. The summed E-state index contributed by atoms with van der Waals surface area (Å²) in [5.41, 5.74) is 2.66. The van der Waals surface area contributed by atoms with Crippen LogP contribution in [0.4, 0.5) is 0 Å². The molecule has 4 nitrogen and oxygen atoms in total. The largest absolute Gasteiger partial charge is 0.453 e. The first kappa shape index (κ1) is 13.5. The smallest absolute Gasteiger partial charge is 0.174 e. The molecule has 0 saturated carbocycles. The second kappa shape index (κ2) is 5.57. The summed E-state index contributed by atoms with van der Waals surface area (Å²) in [5, 5.41) is 5.40. The standard InChI is InChI=1S/C19H15N3O/c1-14-19(23-15-8-3-2-4-9-15)18(22-13-7-12-20-22)16-10-5-6-11-17(16)21-14/h2-13H,1H3. The summed E-state index contributed by atoms with van der Waals surface area (Å²) < 4.78 is 7.98. The summed E-state index contributed by atoms with van der Waals surface area (Å²) in [7, 11) is 0. The fourth-order valence-electron chi connectivity index (χ4n) is 2.65. The van der Waals surface area contributed by atoms with E-state index in [0.29, 0.717) is 0 Å². The molecule has 0 fully saturated rings. The lowest BCUT2D eigenvalue weighted by Crippen LogP contribution is -2.03. The van der Waals surface area contributed by atoms with Crippen molar-refractivity contribution in [2.24, 2.45) is 0 Å². The van der Waals surface area contributed by atoms with Gasteiger partial charge in [0.1, 0.15) is 11.4 Å². The second-order valence-corrected chi connectivity index (χ2v) is 5.26. The average Bonchev–Trinajstić information content (AvgIpc) is 3.10. The molecule has 4 aromatic rings. The molecule has 4 heteroatoms.